The predicted molar refractivity (Wildman–Crippen MR) is 104 cm³/mol. The van der Waals surface area contributed by atoms with Gasteiger partial charge in [0.2, 0.25) is 0 Å². The minimum atomic E-state index is -4.34. The average Bonchev–Trinajstić information content (AvgIpc) is 2.62. The Morgan fingerprint density at radius 1 is 1.29 bits per heavy atom. The van der Waals surface area contributed by atoms with E-state index in [2.05, 4.69) is 17.5 Å². The van der Waals surface area contributed by atoms with Crippen LogP contribution in [0.2, 0.25) is 0 Å². The van der Waals surface area contributed by atoms with Gasteiger partial charge in [-0.2, -0.15) is 13.2 Å². The number of alkyl halides is 3. The Morgan fingerprint density at radius 2 is 2.04 bits per heavy atom. The van der Waals surface area contributed by atoms with Crippen LogP contribution in [0.1, 0.15) is 61.6 Å². The number of aliphatic carboxylic acids is 1. The number of unbranched alkanes of at least 4 members (excludes halogenated alkanes) is 1. The van der Waals surface area contributed by atoms with Crippen molar-refractivity contribution in [3.63, 3.8) is 0 Å². The van der Waals surface area contributed by atoms with Gasteiger partial charge in [-0.3, -0.25) is 4.79 Å². The molecule has 0 bridgehead atoms. The molecule has 0 amide bonds. The number of aryl methyl sites for hydroxylation is 1. The van der Waals surface area contributed by atoms with E-state index in [9.17, 15) is 18.0 Å². The maximum absolute atomic E-state index is 13.3. The topological polar surface area (TPSA) is 49.3 Å². The van der Waals surface area contributed by atoms with Crippen LogP contribution in [-0.2, 0) is 17.5 Å². The van der Waals surface area contributed by atoms with Crippen molar-refractivity contribution in [1.29, 1.82) is 0 Å². The molecule has 2 atom stereocenters. The second kappa shape index (κ2) is 10.6. The lowest BCUT2D eigenvalue weighted by Gasteiger charge is -2.30. The van der Waals surface area contributed by atoms with Crippen molar-refractivity contribution in [3.8, 4) is 0 Å². The molecular formula is C22H30F3NO2. The molecule has 1 aliphatic carbocycles. The van der Waals surface area contributed by atoms with Crippen LogP contribution in [0, 0.1) is 18.8 Å². The van der Waals surface area contributed by atoms with E-state index in [0.717, 1.165) is 32.1 Å². The zero-order valence-electron chi connectivity index (χ0n) is 16.4. The highest BCUT2D eigenvalue weighted by Crippen LogP contribution is 2.33. The highest BCUT2D eigenvalue weighted by Gasteiger charge is 2.33. The summed E-state index contributed by atoms with van der Waals surface area (Å²) in [5, 5.41) is 11.9. The van der Waals surface area contributed by atoms with Gasteiger partial charge in [0, 0.05) is 13.0 Å². The van der Waals surface area contributed by atoms with Gasteiger partial charge in [-0.1, -0.05) is 42.7 Å². The molecule has 0 aromatic heterocycles. The van der Waals surface area contributed by atoms with Crippen molar-refractivity contribution in [2.45, 2.75) is 64.6 Å². The van der Waals surface area contributed by atoms with E-state index < -0.39 is 17.7 Å². The summed E-state index contributed by atoms with van der Waals surface area (Å²) in [5.41, 5.74) is 0.338. The third-order valence-corrected chi connectivity index (χ3v) is 5.41. The Kier molecular flexibility index (Phi) is 8.55. The summed E-state index contributed by atoms with van der Waals surface area (Å²) in [7, 11) is 0. The Bertz CT molecular complexity index is 670. The molecule has 1 aromatic rings. The fourth-order valence-electron chi connectivity index (χ4n) is 3.89. The fraction of sp³-hybridized carbons (Fsp3) is 0.591. The number of benzene rings is 1. The average molecular weight is 397 g/mol. The number of nitrogens with one attached hydrogen (secondary N) is 1. The highest BCUT2D eigenvalue weighted by atomic mass is 19.4. The molecule has 6 heteroatoms. The van der Waals surface area contributed by atoms with Gasteiger partial charge >= 0.3 is 12.1 Å². The fourth-order valence-corrected chi connectivity index (χ4v) is 3.89. The first-order valence-electron chi connectivity index (χ1n) is 10.0. The first-order chi connectivity index (χ1) is 13.3. The van der Waals surface area contributed by atoms with E-state index in [4.69, 9.17) is 5.11 Å². The third kappa shape index (κ3) is 7.30. The van der Waals surface area contributed by atoms with Gasteiger partial charge in [0.05, 0.1) is 5.56 Å². The molecule has 1 saturated carbocycles. The molecule has 0 unspecified atom stereocenters. The van der Waals surface area contributed by atoms with Crippen LogP contribution >= 0.6 is 0 Å². The lowest BCUT2D eigenvalue weighted by molar-refractivity contribution is -0.138. The standard InChI is InChI=1S/C22H30F3NO2/c1-16-11-12-19(20(13-16)22(23,24)25)15-26-14-18-9-6-5-8-17(18)7-3-2-4-10-21(27)28/h3,7,11-13,17-18,26H,2,4-6,8-10,14-15H2,1H3,(H,27,28)/b7-3-/t17-,18+/m0/s1. The summed E-state index contributed by atoms with van der Waals surface area (Å²) in [6.07, 6.45) is 5.93. The van der Waals surface area contributed by atoms with Crippen molar-refractivity contribution in [3.05, 3.63) is 47.0 Å². The molecule has 0 heterocycles. The summed E-state index contributed by atoms with van der Waals surface area (Å²) in [5.74, 6) is 0.0397. The molecule has 2 rings (SSSR count). The van der Waals surface area contributed by atoms with Crippen LogP contribution in [0.3, 0.4) is 0 Å². The van der Waals surface area contributed by atoms with Crippen LogP contribution in [0.4, 0.5) is 13.2 Å². The number of carboxylic acids is 1. The lowest BCUT2D eigenvalue weighted by Crippen LogP contribution is -2.30. The Morgan fingerprint density at radius 3 is 2.75 bits per heavy atom. The van der Waals surface area contributed by atoms with Crippen molar-refractivity contribution < 1.29 is 23.1 Å². The Labute approximate surface area is 165 Å². The van der Waals surface area contributed by atoms with Crippen molar-refractivity contribution in [1.82, 2.24) is 5.32 Å². The van der Waals surface area contributed by atoms with Crippen LogP contribution in [0.5, 0.6) is 0 Å². The number of carboxylic acid groups (broad SMARTS) is 1. The summed E-state index contributed by atoms with van der Waals surface area (Å²) < 4.78 is 39.8. The maximum atomic E-state index is 13.3. The second-order valence-corrected chi connectivity index (χ2v) is 7.71. The van der Waals surface area contributed by atoms with E-state index in [1.165, 1.54) is 6.07 Å². The van der Waals surface area contributed by atoms with E-state index in [1.54, 1.807) is 19.1 Å². The van der Waals surface area contributed by atoms with Gasteiger partial charge in [0.25, 0.3) is 0 Å². The summed E-state index contributed by atoms with van der Waals surface area (Å²) in [6, 6.07) is 4.49. The normalized spacial score (nSPS) is 20.6. The third-order valence-electron chi connectivity index (χ3n) is 5.41. The molecule has 1 aromatic carbocycles. The molecule has 0 saturated heterocycles. The van der Waals surface area contributed by atoms with E-state index >= 15 is 0 Å². The number of rotatable bonds is 9. The molecule has 2 N–H and O–H groups in total. The molecule has 0 spiro atoms. The number of hydrogen-bond acceptors (Lipinski definition) is 2. The van der Waals surface area contributed by atoms with Crippen LogP contribution < -0.4 is 5.32 Å². The maximum Gasteiger partial charge on any atom is 0.416 e. The minimum Gasteiger partial charge on any atom is -0.481 e. The van der Waals surface area contributed by atoms with Crippen molar-refractivity contribution >= 4 is 5.97 Å². The van der Waals surface area contributed by atoms with Crippen LogP contribution in [-0.4, -0.2) is 17.6 Å². The number of carbonyl (C=O) groups is 1. The molecule has 28 heavy (non-hydrogen) atoms. The Balaban J connectivity index is 1.88. The molecule has 0 radical (unpaired) electrons. The molecular weight excluding hydrogens is 367 g/mol. The smallest absolute Gasteiger partial charge is 0.416 e. The number of hydrogen-bond donors (Lipinski definition) is 2. The van der Waals surface area contributed by atoms with Crippen LogP contribution in [0.25, 0.3) is 0 Å². The van der Waals surface area contributed by atoms with Gasteiger partial charge in [-0.25, -0.2) is 0 Å². The first kappa shape index (κ1) is 22.5. The molecule has 0 aliphatic heterocycles. The van der Waals surface area contributed by atoms with Crippen molar-refractivity contribution in [2.75, 3.05) is 6.54 Å². The highest BCUT2D eigenvalue weighted by molar-refractivity contribution is 5.66. The summed E-state index contributed by atoms with van der Waals surface area (Å²) in [6.45, 7) is 2.57. The zero-order chi connectivity index (χ0) is 20.6. The van der Waals surface area contributed by atoms with E-state index in [1.807, 2.05) is 0 Å². The first-order valence-corrected chi connectivity index (χ1v) is 10.0. The van der Waals surface area contributed by atoms with E-state index in [-0.39, 0.29) is 18.5 Å². The number of halogens is 3. The van der Waals surface area contributed by atoms with Gasteiger partial charge in [-0.05, 0) is 62.6 Å². The van der Waals surface area contributed by atoms with Gasteiger partial charge in [-0.15, -0.1) is 0 Å². The minimum absolute atomic E-state index is 0.179. The van der Waals surface area contributed by atoms with Gasteiger partial charge in [0.15, 0.2) is 0 Å². The quantitative estimate of drug-likeness (QED) is 0.414. The van der Waals surface area contributed by atoms with Gasteiger partial charge < -0.3 is 10.4 Å². The lowest BCUT2D eigenvalue weighted by atomic mass is 9.79. The van der Waals surface area contributed by atoms with E-state index in [0.29, 0.717) is 30.4 Å². The van der Waals surface area contributed by atoms with Crippen molar-refractivity contribution in [2.24, 2.45) is 11.8 Å². The Hall–Kier alpha value is -1.82. The summed E-state index contributed by atoms with van der Waals surface area (Å²) in [4.78, 5) is 10.6. The monoisotopic (exact) mass is 397 g/mol. The second-order valence-electron chi connectivity index (χ2n) is 7.71. The molecule has 1 fully saturated rings. The largest absolute Gasteiger partial charge is 0.481 e. The van der Waals surface area contributed by atoms with Crippen LogP contribution in [0.15, 0.2) is 30.4 Å². The van der Waals surface area contributed by atoms with Gasteiger partial charge in [0.1, 0.15) is 0 Å². The summed E-state index contributed by atoms with van der Waals surface area (Å²) >= 11 is 0. The predicted octanol–water partition coefficient (Wildman–Crippen LogP) is 5.72. The molecule has 1 aliphatic rings. The SMILES string of the molecule is Cc1ccc(CNC[C@H]2CCCC[C@@H]2/C=C\CCCC(=O)O)c(C(F)(F)F)c1. The molecule has 3 nitrogen and oxygen atoms in total. The zero-order valence-corrected chi connectivity index (χ0v) is 16.4. The molecule has 156 valence electrons. The number of allylic oxidation sites excluding steroid dienone is 2.